The van der Waals surface area contributed by atoms with Gasteiger partial charge in [-0.25, -0.2) is 0 Å². The van der Waals surface area contributed by atoms with Gasteiger partial charge in [-0.2, -0.15) is 0 Å². The third-order valence-electron chi connectivity index (χ3n) is 7.20. The van der Waals surface area contributed by atoms with Gasteiger partial charge in [0.2, 0.25) is 5.75 Å². The largest absolute Gasteiger partial charge is 0.507 e. The molecule has 39 heavy (non-hydrogen) atoms. The third kappa shape index (κ3) is 4.78. The quantitative estimate of drug-likeness (QED) is 0.257. The first-order valence-corrected chi connectivity index (χ1v) is 12.8. The van der Waals surface area contributed by atoms with Crippen molar-refractivity contribution in [2.24, 2.45) is 0 Å². The van der Waals surface area contributed by atoms with Crippen LogP contribution in [-0.4, -0.2) is 55.7 Å². The summed E-state index contributed by atoms with van der Waals surface area (Å²) in [5.74, 6) is 0.236. The minimum absolute atomic E-state index is 0.00856. The Morgan fingerprint density at radius 2 is 1.67 bits per heavy atom. The van der Waals surface area contributed by atoms with Crippen molar-refractivity contribution in [1.82, 2.24) is 4.90 Å². The van der Waals surface area contributed by atoms with E-state index in [1.807, 2.05) is 43.3 Å². The third-order valence-corrected chi connectivity index (χ3v) is 7.20. The Balaban J connectivity index is 1.65. The summed E-state index contributed by atoms with van der Waals surface area (Å²) in [6.07, 6.45) is 1.25. The van der Waals surface area contributed by atoms with Gasteiger partial charge >= 0.3 is 0 Å². The summed E-state index contributed by atoms with van der Waals surface area (Å²) < 4.78 is 22.4. The minimum Gasteiger partial charge on any atom is -0.507 e. The van der Waals surface area contributed by atoms with E-state index < -0.39 is 17.7 Å². The van der Waals surface area contributed by atoms with Crippen molar-refractivity contribution in [3.8, 4) is 23.0 Å². The Bertz CT molecular complexity index is 1420. The maximum Gasteiger partial charge on any atom is 0.295 e. The summed E-state index contributed by atoms with van der Waals surface area (Å²) in [6.45, 7) is 2.24. The van der Waals surface area contributed by atoms with E-state index >= 15 is 0 Å². The lowest BCUT2D eigenvalue weighted by atomic mass is 9.93. The fourth-order valence-electron chi connectivity index (χ4n) is 5.34. The van der Waals surface area contributed by atoms with Crippen molar-refractivity contribution in [3.63, 3.8) is 0 Å². The first-order valence-electron chi connectivity index (χ1n) is 12.8. The monoisotopic (exact) mass is 529 g/mol. The Hall–Kier alpha value is -4.46. The molecule has 1 N–H and O–H groups in total. The molecule has 0 radical (unpaired) electrons. The van der Waals surface area contributed by atoms with Crippen LogP contribution in [0.25, 0.3) is 5.76 Å². The number of amides is 1. The lowest BCUT2D eigenvalue weighted by Crippen LogP contribution is -2.31. The predicted molar refractivity (Wildman–Crippen MR) is 145 cm³/mol. The average molecular weight is 530 g/mol. The molecular formula is C31H31NO7. The number of aliphatic hydroxyl groups excluding tert-OH is 1. The molecular weight excluding hydrogens is 498 g/mol. The van der Waals surface area contributed by atoms with Gasteiger partial charge in [0, 0.05) is 18.5 Å². The summed E-state index contributed by atoms with van der Waals surface area (Å²) in [4.78, 5) is 28.5. The highest BCUT2D eigenvalue weighted by atomic mass is 16.5. The van der Waals surface area contributed by atoms with E-state index in [1.54, 1.807) is 24.3 Å². The van der Waals surface area contributed by atoms with Gasteiger partial charge in [0.15, 0.2) is 11.5 Å². The van der Waals surface area contributed by atoms with Crippen molar-refractivity contribution < 1.29 is 33.6 Å². The zero-order chi connectivity index (χ0) is 27.7. The van der Waals surface area contributed by atoms with Gasteiger partial charge in [-0.3, -0.25) is 9.59 Å². The predicted octanol–water partition coefficient (Wildman–Crippen LogP) is 4.70. The van der Waals surface area contributed by atoms with Crippen molar-refractivity contribution in [2.45, 2.75) is 31.9 Å². The molecule has 0 bridgehead atoms. The molecule has 1 saturated heterocycles. The first-order chi connectivity index (χ1) is 18.9. The SMILES string of the molecule is COc1cc(C2C(=C(O)c3ccc4c(c3)CC(C)O4)C(=O)C(=O)N2CCc2ccccc2)cc(OC)c1OC. The van der Waals surface area contributed by atoms with E-state index in [0.717, 1.165) is 16.9 Å². The molecule has 2 heterocycles. The van der Waals surface area contributed by atoms with Gasteiger partial charge in [-0.1, -0.05) is 30.3 Å². The van der Waals surface area contributed by atoms with E-state index in [4.69, 9.17) is 18.9 Å². The molecule has 8 heteroatoms. The zero-order valence-corrected chi connectivity index (χ0v) is 22.4. The maximum absolute atomic E-state index is 13.5. The normalized spacial score (nSPS) is 19.5. The highest BCUT2D eigenvalue weighted by Crippen LogP contribution is 2.46. The van der Waals surface area contributed by atoms with Crippen LogP contribution in [0.3, 0.4) is 0 Å². The van der Waals surface area contributed by atoms with Gasteiger partial charge in [0.25, 0.3) is 11.7 Å². The number of rotatable bonds is 8. The molecule has 0 aliphatic carbocycles. The second-order valence-corrected chi connectivity index (χ2v) is 9.64. The Kier molecular flexibility index (Phi) is 7.19. The maximum atomic E-state index is 13.5. The molecule has 0 spiro atoms. The van der Waals surface area contributed by atoms with E-state index in [9.17, 15) is 14.7 Å². The second-order valence-electron chi connectivity index (χ2n) is 9.64. The molecule has 0 saturated carbocycles. The fraction of sp³-hybridized carbons (Fsp3) is 0.290. The zero-order valence-electron chi connectivity index (χ0n) is 22.4. The minimum atomic E-state index is -0.870. The lowest BCUT2D eigenvalue weighted by Gasteiger charge is -2.26. The van der Waals surface area contributed by atoms with Crippen LogP contribution in [0.4, 0.5) is 0 Å². The number of benzene rings is 3. The van der Waals surface area contributed by atoms with Crippen LogP contribution in [0.5, 0.6) is 23.0 Å². The van der Waals surface area contributed by atoms with Gasteiger partial charge < -0.3 is 29.0 Å². The van der Waals surface area contributed by atoms with Crippen molar-refractivity contribution >= 4 is 17.4 Å². The Morgan fingerprint density at radius 1 is 0.974 bits per heavy atom. The number of fused-ring (bicyclic) bond motifs is 1. The summed E-state index contributed by atoms with van der Waals surface area (Å²) >= 11 is 0. The smallest absolute Gasteiger partial charge is 0.295 e. The van der Waals surface area contributed by atoms with Crippen LogP contribution in [0.1, 0.15) is 35.2 Å². The van der Waals surface area contributed by atoms with Crippen LogP contribution in [-0.2, 0) is 22.4 Å². The molecule has 5 rings (SSSR count). The number of carbonyl (C=O) groups excluding carboxylic acids is 2. The van der Waals surface area contributed by atoms with Gasteiger partial charge in [0.1, 0.15) is 17.6 Å². The molecule has 2 unspecified atom stereocenters. The number of aliphatic hydroxyl groups is 1. The molecule has 2 aliphatic rings. The van der Waals surface area contributed by atoms with Crippen LogP contribution >= 0.6 is 0 Å². The van der Waals surface area contributed by atoms with Crippen molar-refractivity contribution in [1.29, 1.82) is 0 Å². The van der Waals surface area contributed by atoms with Crippen molar-refractivity contribution in [3.05, 3.63) is 88.5 Å². The van der Waals surface area contributed by atoms with Gasteiger partial charge in [-0.15, -0.1) is 0 Å². The van der Waals surface area contributed by atoms with Crippen LogP contribution in [0.15, 0.2) is 66.2 Å². The van der Waals surface area contributed by atoms with E-state index in [-0.39, 0.29) is 24.0 Å². The highest BCUT2D eigenvalue weighted by molar-refractivity contribution is 6.46. The number of ketones is 1. The van der Waals surface area contributed by atoms with E-state index in [0.29, 0.717) is 41.2 Å². The molecule has 1 fully saturated rings. The molecule has 3 aromatic rings. The van der Waals surface area contributed by atoms with E-state index in [1.165, 1.54) is 26.2 Å². The Morgan fingerprint density at radius 3 is 2.31 bits per heavy atom. The average Bonchev–Trinajstić information content (AvgIpc) is 3.46. The number of hydrogen-bond donors (Lipinski definition) is 1. The molecule has 1 amide bonds. The topological polar surface area (TPSA) is 94.5 Å². The van der Waals surface area contributed by atoms with Gasteiger partial charge in [0.05, 0.1) is 32.9 Å². The number of nitrogens with zero attached hydrogens (tertiary/aromatic N) is 1. The highest BCUT2D eigenvalue weighted by Gasteiger charge is 2.46. The lowest BCUT2D eigenvalue weighted by molar-refractivity contribution is -0.139. The summed E-state index contributed by atoms with van der Waals surface area (Å²) in [7, 11) is 4.51. The molecule has 3 aromatic carbocycles. The fourth-order valence-corrected chi connectivity index (χ4v) is 5.34. The number of methoxy groups -OCH3 is 3. The second kappa shape index (κ2) is 10.7. The summed E-state index contributed by atoms with van der Waals surface area (Å²) in [5, 5.41) is 11.5. The Labute approximate surface area is 227 Å². The number of ether oxygens (including phenoxy) is 4. The summed E-state index contributed by atoms with van der Waals surface area (Å²) in [5.41, 5.74) is 2.97. The molecule has 202 valence electrons. The number of likely N-dealkylation sites (tertiary alicyclic amines) is 1. The van der Waals surface area contributed by atoms with Crippen LogP contribution in [0.2, 0.25) is 0 Å². The van der Waals surface area contributed by atoms with E-state index in [2.05, 4.69) is 0 Å². The molecule has 0 aromatic heterocycles. The van der Waals surface area contributed by atoms with Gasteiger partial charge in [-0.05, 0) is 60.4 Å². The standard InChI is InChI=1S/C31H31NO7/c1-18-14-21-15-20(10-11-23(21)39-18)28(33)26-27(22-16-24(36-2)30(38-4)25(17-22)37-3)32(31(35)29(26)34)13-12-19-8-6-5-7-9-19/h5-11,15-18,27,33H,12-14H2,1-4H3. The molecule has 8 nitrogen and oxygen atoms in total. The van der Waals surface area contributed by atoms with Crippen LogP contribution in [0, 0.1) is 0 Å². The number of carbonyl (C=O) groups is 2. The summed E-state index contributed by atoms with van der Waals surface area (Å²) in [6, 6.07) is 17.6. The van der Waals surface area contributed by atoms with Crippen LogP contribution < -0.4 is 18.9 Å². The number of hydrogen-bond acceptors (Lipinski definition) is 7. The molecule has 2 atom stereocenters. The number of Topliss-reactive ketones (excluding diaryl/α,β-unsaturated/α-hetero) is 1. The first kappa shape index (κ1) is 26.2. The molecule has 2 aliphatic heterocycles. The van der Waals surface area contributed by atoms with Crippen molar-refractivity contribution in [2.75, 3.05) is 27.9 Å².